The summed E-state index contributed by atoms with van der Waals surface area (Å²) in [4.78, 5) is 14.6. The van der Waals surface area contributed by atoms with Crippen molar-refractivity contribution < 1.29 is 4.79 Å². The Balaban J connectivity index is 1.94. The Labute approximate surface area is 125 Å². The van der Waals surface area contributed by atoms with Crippen molar-refractivity contribution in [1.82, 2.24) is 0 Å². The predicted octanol–water partition coefficient (Wildman–Crippen LogP) is 3.42. The fourth-order valence-electron chi connectivity index (χ4n) is 2.90. The molecule has 3 rings (SSSR count). The second-order valence-electron chi connectivity index (χ2n) is 5.46. The van der Waals surface area contributed by atoms with Gasteiger partial charge in [0.15, 0.2) is 0 Å². The number of hydrogen-bond acceptors (Lipinski definition) is 2. The van der Waals surface area contributed by atoms with Crippen LogP contribution in [0.5, 0.6) is 0 Å². The fourth-order valence-corrected chi connectivity index (χ4v) is 2.90. The molecule has 3 heteroatoms. The van der Waals surface area contributed by atoms with Crippen LogP contribution in [0.3, 0.4) is 0 Å². The molecule has 0 unspecified atom stereocenters. The molecule has 108 valence electrons. The molecule has 1 aliphatic rings. The lowest BCUT2D eigenvalue weighted by Crippen LogP contribution is -2.35. The summed E-state index contributed by atoms with van der Waals surface area (Å²) in [6.07, 6.45) is 2.89. The number of aryl methyl sites for hydroxylation is 1. The summed E-state index contributed by atoms with van der Waals surface area (Å²) in [5.41, 5.74) is 10.9. The Morgan fingerprint density at radius 3 is 2.67 bits per heavy atom. The third-order valence-electron chi connectivity index (χ3n) is 4.14. The second-order valence-corrected chi connectivity index (χ2v) is 5.46. The van der Waals surface area contributed by atoms with Gasteiger partial charge in [-0.2, -0.15) is 0 Å². The van der Waals surface area contributed by atoms with Gasteiger partial charge in [-0.25, -0.2) is 0 Å². The highest BCUT2D eigenvalue weighted by atomic mass is 16.2. The number of amides is 1. The van der Waals surface area contributed by atoms with E-state index < -0.39 is 0 Å². The minimum absolute atomic E-state index is 0.0594. The van der Waals surface area contributed by atoms with Crippen molar-refractivity contribution in [2.45, 2.75) is 26.2 Å². The standard InChI is InChI=1S/C18H20N2O/c1-2-13-8-10-14(11-9-13)18(21)20-12-4-5-15-16(19)6-3-7-17(15)20/h3,6-11H,2,4-5,12,19H2,1H3. The zero-order valence-corrected chi connectivity index (χ0v) is 12.3. The van der Waals surface area contributed by atoms with Crippen molar-refractivity contribution >= 4 is 17.3 Å². The monoisotopic (exact) mass is 280 g/mol. The summed E-state index contributed by atoms with van der Waals surface area (Å²) in [5.74, 6) is 0.0594. The van der Waals surface area contributed by atoms with Gasteiger partial charge in [0.2, 0.25) is 0 Å². The highest BCUT2D eigenvalue weighted by molar-refractivity contribution is 6.07. The zero-order chi connectivity index (χ0) is 14.8. The van der Waals surface area contributed by atoms with Gasteiger partial charge in [-0.05, 0) is 54.7 Å². The van der Waals surface area contributed by atoms with E-state index in [0.717, 1.165) is 48.3 Å². The van der Waals surface area contributed by atoms with Gasteiger partial charge in [0.1, 0.15) is 0 Å². The minimum atomic E-state index is 0.0594. The molecule has 0 saturated heterocycles. The van der Waals surface area contributed by atoms with E-state index in [0.29, 0.717) is 0 Å². The van der Waals surface area contributed by atoms with Crippen molar-refractivity contribution in [3.8, 4) is 0 Å². The van der Waals surface area contributed by atoms with Crippen molar-refractivity contribution in [3.63, 3.8) is 0 Å². The van der Waals surface area contributed by atoms with E-state index in [1.165, 1.54) is 5.56 Å². The van der Waals surface area contributed by atoms with E-state index in [4.69, 9.17) is 5.73 Å². The summed E-state index contributed by atoms with van der Waals surface area (Å²) in [6.45, 7) is 2.87. The Kier molecular flexibility index (Phi) is 3.65. The lowest BCUT2D eigenvalue weighted by atomic mass is 9.99. The molecule has 2 N–H and O–H groups in total. The maximum Gasteiger partial charge on any atom is 0.258 e. The van der Waals surface area contributed by atoms with Crippen LogP contribution in [0.1, 0.15) is 34.8 Å². The highest BCUT2D eigenvalue weighted by Gasteiger charge is 2.24. The quantitative estimate of drug-likeness (QED) is 0.857. The van der Waals surface area contributed by atoms with E-state index in [9.17, 15) is 4.79 Å². The number of carbonyl (C=O) groups excluding carboxylic acids is 1. The molecule has 21 heavy (non-hydrogen) atoms. The molecule has 0 aliphatic carbocycles. The third kappa shape index (κ3) is 2.51. The number of anilines is 2. The van der Waals surface area contributed by atoms with Gasteiger partial charge >= 0.3 is 0 Å². The molecule has 1 heterocycles. The molecule has 0 atom stereocenters. The maximum absolute atomic E-state index is 12.8. The van der Waals surface area contributed by atoms with Gasteiger partial charge in [-0.3, -0.25) is 4.79 Å². The number of rotatable bonds is 2. The molecule has 0 fully saturated rings. The molecule has 2 aromatic rings. The van der Waals surface area contributed by atoms with Crippen molar-refractivity contribution in [2.24, 2.45) is 0 Å². The zero-order valence-electron chi connectivity index (χ0n) is 12.3. The van der Waals surface area contributed by atoms with E-state index in [1.54, 1.807) is 0 Å². The molecular weight excluding hydrogens is 260 g/mol. The Bertz CT molecular complexity index is 661. The first kappa shape index (κ1) is 13.7. The average Bonchev–Trinajstić information content (AvgIpc) is 2.54. The molecule has 0 radical (unpaired) electrons. The van der Waals surface area contributed by atoms with Crippen LogP contribution in [0.4, 0.5) is 11.4 Å². The molecule has 2 aromatic carbocycles. The average molecular weight is 280 g/mol. The number of nitrogens with two attached hydrogens (primary N) is 1. The van der Waals surface area contributed by atoms with Crippen molar-refractivity contribution in [2.75, 3.05) is 17.2 Å². The summed E-state index contributed by atoms with van der Waals surface area (Å²) in [7, 11) is 0. The van der Waals surface area contributed by atoms with E-state index >= 15 is 0 Å². The SMILES string of the molecule is CCc1ccc(C(=O)N2CCCc3c(N)cccc32)cc1. The number of fused-ring (bicyclic) bond motifs is 1. The minimum Gasteiger partial charge on any atom is -0.398 e. The van der Waals surface area contributed by atoms with Gasteiger partial charge in [-0.1, -0.05) is 25.1 Å². The first-order valence-corrected chi connectivity index (χ1v) is 7.49. The van der Waals surface area contributed by atoms with Crippen LogP contribution in [0, 0.1) is 0 Å². The van der Waals surface area contributed by atoms with Gasteiger partial charge in [-0.15, -0.1) is 0 Å². The molecule has 0 saturated carbocycles. The van der Waals surface area contributed by atoms with Gasteiger partial charge in [0.05, 0.1) is 0 Å². The van der Waals surface area contributed by atoms with Crippen LogP contribution in [-0.4, -0.2) is 12.5 Å². The first-order chi connectivity index (χ1) is 10.2. The molecule has 0 spiro atoms. The van der Waals surface area contributed by atoms with Crippen LogP contribution >= 0.6 is 0 Å². The second kappa shape index (κ2) is 5.60. The van der Waals surface area contributed by atoms with Crippen LogP contribution in [0.25, 0.3) is 0 Å². The molecule has 0 aromatic heterocycles. The lowest BCUT2D eigenvalue weighted by Gasteiger charge is -2.30. The van der Waals surface area contributed by atoms with Gasteiger partial charge in [0, 0.05) is 23.5 Å². The number of nitrogens with zero attached hydrogens (tertiary/aromatic N) is 1. The fraction of sp³-hybridized carbons (Fsp3) is 0.278. The molecule has 3 nitrogen and oxygen atoms in total. The highest BCUT2D eigenvalue weighted by Crippen LogP contribution is 2.32. The molecule has 1 aliphatic heterocycles. The smallest absolute Gasteiger partial charge is 0.258 e. The molecule has 0 bridgehead atoms. The van der Waals surface area contributed by atoms with Crippen LogP contribution < -0.4 is 10.6 Å². The summed E-state index contributed by atoms with van der Waals surface area (Å²) >= 11 is 0. The summed E-state index contributed by atoms with van der Waals surface area (Å²) in [6, 6.07) is 13.7. The molecule has 1 amide bonds. The van der Waals surface area contributed by atoms with Crippen LogP contribution in [0.2, 0.25) is 0 Å². The van der Waals surface area contributed by atoms with E-state index in [2.05, 4.69) is 6.92 Å². The lowest BCUT2D eigenvalue weighted by molar-refractivity contribution is 0.0985. The summed E-state index contributed by atoms with van der Waals surface area (Å²) in [5, 5.41) is 0. The predicted molar refractivity (Wildman–Crippen MR) is 86.7 cm³/mol. The van der Waals surface area contributed by atoms with E-state index in [-0.39, 0.29) is 5.91 Å². The number of hydrogen-bond donors (Lipinski definition) is 1. The van der Waals surface area contributed by atoms with Crippen LogP contribution in [-0.2, 0) is 12.8 Å². The Morgan fingerprint density at radius 2 is 1.95 bits per heavy atom. The van der Waals surface area contributed by atoms with Crippen molar-refractivity contribution in [3.05, 3.63) is 59.2 Å². The number of benzene rings is 2. The largest absolute Gasteiger partial charge is 0.398 e. The number of carbonyl (C=O) groups is 1. The Morgan fingerprint density at radius 1 is 1.19 bits per heavy atom. The first-order valence-electron chi connectivity index (χ1n) is 7.49. The maximum atomic E-state index is 12.8. The Hall–Kier alpha value is -2.29. The molecular formula is C18H20N2O. The topological polar surface area (TPSA) is 46.3 Å². The van der Waals surface area contributed by atoms with Gasteiger partial charge in [0.25, 0.3) is 5.91 Å². The van der Waals surface area contributed by atoms with Crippen LogP contribution in [0.15, 0.2) is 42.5 Å². The van der Waals surface area contributed by atoms with Crippen molar-refractivity contribution in [1.29, 1.82) is 0 Å². The van der Waals surface area contributed by atoms with Gasteiger partial charge < -0.3 is 10.6 Å². The normalized spacial score (nSPS) is 13.9. The van der Waals surface area contributed by atoms with E-state index in [1.807, 2.05) is 47.4 Å². The third-order valence-corrected chi connectivity index (χ3v) is 4.14. The number of nitrogen functional groups attached to an aromatic ring is 1. The summed E-state index contributed by atoms with van der Waals surface area (Å²) < 4.78 is 0.